The number of nitrogens with zero attached hydrogens (tertiary/aromatic N) is 4. The third kappa shape index (κ3) is 4.29. The number of hydrogen-bond donors (Lipinski definition) is 0. The van der Waals surface area contributed by atoms with Crippen molar-refractivity contribution in [3.05, 3.63) is 39.4 Å². The van der Waals surface area contributed by atoms with E-state index >= 15 is 0 Å². The second kappa shape index (κ2) is 8.36. The van der Waals surface area contributed by atoms with Gasteiger partial charge in [0.05, 0.1) is 10.6 Å². The van der Waals surface area contributed by atoms with Gasteiger partial charge in [-0.1, -0.05) is 44.3 Å². The zero-order chi connectivity index (χ0) is 22.3. The lowest BCUT2D eigenvalue weighted by atomic mass is 9.85. The van der Waals surface area contributed by atoms with E-state index in [1.807, 2.05) is 32.9 Å². The van der Waals surface area contributed by atoms with Gasteiger partial charge in [-0.2, -0.15) is 4.31 Å². The second-order valence-corrected chi connectivity index (χ2v) is 11.4. The van der Waals surface area contributed by atoms with Gasteiger partial charge < -0.3 is 4.90 Å². The van der Waals surface area contributed by atoms with Crippen molar-refractivity contribution in [1.29, 1.82) is 0 Å². The number of piperazine rings is 1. The molecule has 0 atom stereocenters. The molecule has 0 saturated carbocycles. The molecule has 0 aliphatic carbocycles. The minimum absolute atomic E-state index is 0.0490. The van der Waals surface area contributed by atoms with Gasteiger partial charge in [-0.15, -0.1) is 5.10 Å². The zero-order valence-electron chi connectivity index (χ0n) is 18.5. The molecule has 7 nitrogen and oxygen atoms in total. The largest absolute Gasteiger partial charge is 0.335 e. The number of hydrogen-bond acceptors (Lipinski definition) is 6. The maximum atomic E-state index is 13.4. The van der Waals surface area contributed by atoms with Crippen molar-refractivity contribution in [2.45, 2.75) is 58.3 Å². The summed E-state index contributed by atoms with van der Waals surface area (Å²) in [6.45, 7) is 13.3. The summed E-state index contributed by atoms with van der Waals surface area (Å²) in [5.74, 6) is -0.110. The maximum Gasteiger partial charge on any atom is 0.267 e. The molecule has 2 aromatic rings. The normalized spacial score (nSPS) is 16.1. The molecule has 2 heterocycles. The van der Waals surface area contributed by atoms with Crippen LogP contribution in [0.4, 0.5) is 0 Å². The molecule has 30 heavy (non-hydrogen) atoms. The molecule has 0 spiro atoms. The highest BCUT2D eigenvalue weighted by atomic mass is 32.2. The van der Waals surface area contributed by atoms with Crippen LogP contribution < -0.4 is 0 Å². The number of benzene rings is 1. The molecule has 0 N–H and O–H groups in total. The molecule has 1 aliphatic heterocycles. The predicted octanol–water partition coefficient (Wildman–Crippen LogP) is 3.16. The topological polar surface area (TPSA) is 83.5 Å². The summed E-state index contributed by atoms with van der Waals surface area (Å²) in [5, 5.41) is 4.00. The maximum absolute atomic E-state index is 13.4. The van der Waals surface area contributed by atoms with Gasteiger partial charge in [0.25, 0.3) is 5.91 Å². The van der Waals surface area contributed by atoms with Gasteiger partial charge in [-0.25, -0.2) is 8.42 Å². The Kier molecular flexibility index (Phi) is 6.36. The Hall–Kier alpha value is -1.84. The van der Waals surface area contributed by atoms with Gasteiger partial charge in [-0.05, 0) is 53.9 Å². The SMILES string of the molecule is CCc1nnsc1C(=O)N1CCN(S(=O)(=O)c2c(C)cc(C(C)(C)C)cc2C)CC1. The van der Waals surface area contributed by atoms with E-state index in [1.165, 1.54) is 4.31 Å². The van der Waals surface area contributed by atoms with Gasteiger partial charge >= 0.3 is 0 Å². The lowest BCUT2D eigenvalue weighted by molar-refractivity contribution is 0.0701. The van der Waals surface area contributed by atoms with Crippen molar-refractivity contribution in [2.75, 3.05) is 26.2 Å². The third-order valence-electron chi connectivity index (χ3n) is 5.53. The van der Waals surface area contributed by atoms with Crippen LogP contribution in [0, 0.1) is 13.8 Å². The smallest absolute Gasteiger partial charge is 0.267 e. The standard InChI is InChI=1S/C21H30N4O3S2/c1-7-17-18(29-23-22-17)20(26)24-8-10-25(11-9-24)30(27,28)19-14(2)12-16(13-15(19)3)21(4,5)6/h12-13H,7-11H2,1-6H3. The molecule has 9 heteroatoms. The molecule has 1 aromatic carbocycles. The first-order valence-corrected chi connectivity index (χ1v) is 12.4. The fourth-order valence-corrected chi connectivity index (χ4v) is 6.35. The van der Waals surface area contributed by atoms with E-state index in [1.54, 1.807) is 4.90 Å². The van der Waals surface area contributed by atoms with Crippen LogP contribution in [-0.4, -0.2) is 59.3 Å². The molecule has 1 amide bonds. The van der Waals surface area contributed by atoms with Gasteiger partial charge in [-0.3, -0.25) is 4.79 Å². The number of carbonyl (C=O) groups is 1. The molecule has 0 radical (unpaired) electrons. The highest BCUT2D eigenvalue weighted by molar-refractivity contribution is 7.89. The molecule has 0 bridgehead atoms. The first-order chi connectivity index (χ1) is 14.0. The zero-order valence-corrected chi connectivity index (χ0v) is 20.2. The van der Waals surface area contributed by atoms with E-state index in [-0.39, 0.29) is 24.4 Å². The quantitative estimate of drug-likeness (QED) is 0.714. The van der Waals surface area contributed by atoms with Crippen LogP contribution in [0.15, 0.2) is 17.0 Å². The number of aromatic nitrogens is 2. The summed E-state index contributed by atoms with van der Waals surface area (Å²) in [5.41, 5.74) is 3.30. The Balaban J connectivity index is 1.79. The van der Waals surface area contributed by atoms with Gasteiger partial charge in [0, 0.05) is 26.2 Å². The number of sulfonamides is 1. The summed E-state index contributed by atoms with van der Waals surface area (Å²) in [6, 6.07) is 3.95. The van der Waals surface area contributed by atoms with Crippen LogP contribution in [0.5, 0.6) is 0 Å². The molecule has 1 saturated heterocycles. The molecule has 1 aromatic heterocycles. The monoisotopic (exact) mass is 450 g/mol. The lowest BCUT2D eigenvalue weighted by Crippen LogP contribution is -2.50. The van der Waals surface area contributed by atoms with Gasteiger partial charge in [0.15, 0.2) is 0 Å². The van der Waals surface area contributed by atoms with E-state index in [0.29, 0.717) is 35.0 Å². The van der Waals surface area contributed by atoms with Crippen LogP contribution in [0.2, 0.25) is 0 Å². The molecule has 1 aliphatic rings. The Labute approximate surface area is 183 Å². The Morgan fingerprint density at radius 2 is 1.67 bits per heavy atom. The highest BCUT2D eigenvalue weighted by Gasteiger charge is 2.33. The van der Waals surface area contributed by atoms with Crippen LogP contribution in [0.25, 0.3) is 0 Å². The molecule has 3 rings (SSSR count). The highest BCUT2D eigenvalue weighted by Crippen LogP contribution is 2.31. The molecule has 164 valence electrons. The summed E-state index contributed by atoms with van der Waals surface area (Å²) >= 11 is 1.10. The summed E-state index contributed by atoms with van der Waals surface area (Å²) < 4.78 is 32.2. The fourth-order valence-electron chi connectivity index (χ4n) is 3.80. The predicted molar refractivity (Wildman–Crippen MR) is 119 cm³/mol. The number of amides is 1. The molecule has 0 unspecified atom stereocenters. The van der Waals surface area contributed by atoms with E-state index in [0.717, 1.165) is 28.2 Å². The minimum Gasteiger partial charge on any atom is -0.335 e. The molecule has 1 fully saturated rings. The van der Waals surface area contributed by atoms with Crippen molar-refractivity contribution in [2.24, 2.45) is 0 Å². The van der Waals surface area contributed by atoms with Gasteiger partial charge in [0.1, 0.15) is 4.88 Å². The van der Waals surface area contributed by atoms with Crippen molar-refractivity contribution in [1.82, 2.24) is 18.8 Å². The lowest BCUT2D eigenvalue weighted by Gasteiger charge is -2.34. The van der Waals surface area contributed by atoms with Crippen molar-refractivity contribution < 1.29 is 13.2 Å². The number of aryl methyl sites for hydroxylation is 3. The molecular weight excluding hydrogens is 420 g/mol. The van der Waals surface area contributed by atoms with E-state index in [2.05, 4.69) is 30.4 Å². The van der Waals surface area contributed by atoms with Crippen LogP contribution in [0.1, 0.15) is 59.8 Å². The summed E-state index contributed by atoms with van der Waals surface area (Å²) in [4.78, 5) is 15.4. The second-order valence-electron chi connectivity index (χ2n) is 8.79. The minimum atomic E-state index is -3.63. The average molecular weight is 451 g/mol. The van der Waals surface area contributed by atoms with Crippen LogP contribution in [-0.2, 0) is 21.9 Å². The van der Waals surface area contributed by atoms with E-state index in [9.17, 15) is 13.2 Å². The van der Waals surface area contributed by atoms with E-state index in [4.69, 9.17) is 0 Å². The van der Waals surface area contributed by atoms with Crippen molar-refractivity contribution in [3.8, 4) is 0 Å². The first-order valence-electron chi connectivity index (χ1n) is 10.2. The number of carbonyl (C=O) groups excluding carboxylic acids is 1. The van der Waals surface area contributed by atoms with Crippen molar-refractivity contribution in [3.63, 3.8) is 0 Å². The number of rotatable bonds is 4. The average Bonchev–Trinajstić information content (AvgIpc) is 3.15. The summed E-state index contributed by atoms with van der Waals surface area (Å²) in [7, 11) is -3.63. The molecular formula is C21H30N4O3S2. The fraction of sp³-hybridized carbons (Fsp3) is 0.571. The Morgan fingerprint density at radius 3 is 2.17 bits per heavy atom. The third-order valence-corrected chi connectivity index (χ3v) is 8.50. The Morgan fingerprint density at radius 1 is 1.10 bits per heavy atom. The Bertz CT molecular complexity index is 1020. The van der Waals surface area contributed by atoms with Crippen molar-refractivity contribution >= 4 is 27.5 Å². The van der Waals surface area contributed by atoms with Crippen LogP contribution in [0.3, 0.4) is 0 Å². The first kappa shape index (κ1) is 22.8. The summed E-state index contributed by atoms with van der Waals surface area (Å²) in [6.07, 6.45) is 0.648. The van der Waals surface area contributed by atoms with Gasteiger partial charge in [0.2, 0.25) is 10.0 Å². The van der Waals surface area contributed by atoms with Crippen LogP contribution >= 0.6 is 11.5 Å². The van der Waals surface area contributed by atoms with E-state index < -0.39 is 10.0 Å².